The van der Waals surface area contributed by atoms with Crippen molar-refractivity contribution in [2.45, 2.75) is 38.5 Å². The third-order valence-corrected chi connectivity index (χ3v) is 4.06. The van der Waals surface area contributed by atoms with Gasteiger partial charge in [0.2, 0.25) is 0 Å². The number of alkyl halides is 3. The number of carbonyl (C=O) groups is 1. The lowest BCUT2D eigenvalue weighted by Crippen LogP contribution is -2.48. The molecule has 1 saturated heterocycles. The maximum atomic E-state index is 12.7. The van der Waals surface area contributed by atoms with Crippen molar-refractivity contribution >= 4 is 12.1 Å². The first-order valence-electron chi connectivity index (χ1n) is 8.44. The highest BCUT2D eigenvalue weighted by Gasteiger charge is 2.30. The van der Waals surface area contributed by atoms with Crippen molar-refractivity contribution in [3.63, 3.8) is 0 Å². The number of nitrogens with zero attached hydrogens (tertiary/aromatic N) is 2. The smallest absolute Gasteiger partial charge is 0.416 e. The summed E-state index contributed by atoms with van der Waals surface area (Å²) in [5.41, 5.74) is 5.56. The van der Waals surface area contributed by atoms with Crippen LogP contribution in [0.4, 0.5) is 18.0 Å². The zero-order valence-corrected chi connectivity index (χ0v) is 14.6. The number of ether oxygens (including phenoxy) is 1. The molecule has 0 saturated carbocycles. The molecule has 1 fully saturated rings. The fourth-order valence-corrected chi connectivity index (χ4v) is 2.70. The van der Waals surface area contributed by atoms with E-state index in [2.05, 4.69) is 10.3 Å². The van der Waals surface area contributed by atoms with E-state index < -0.39 is 11.7 Å². The molecule has 0 spiro atoms. The summed E-state index contributed by atoms with van der Waals surface area (Å²) < 4.78 is 43.1. The third kappa shape index (κ3) is 5.82. The Kier molecular flexibility index (Phi) is 6.70. The fourth-order valence-electron chi connectivity index (χ4n) is 2.70. The van der Waals surface area contributed by atoms with E-state index in [1.165, 1.54) is 6.07 Å². The molecule has 0 radical (unpaired) electrons. The Morgan fingerprint density at radius 2 is 2.08 bits per heavy atom. The van der Waals surface area contributed by atoms with Gasteiger partial charge in [-0.2, -0.15) is 13.2 Å². The molecule has 0 aromatic heterocycles. The first-order chi connectivity index (χ1) is 12.3. The number of nitrogens with two attached hydrogens (primary N) is 1. The lowest BCUT2D eigenvalue weighted by Gasteiger charge is -2.31. The summed E-state index contributed by atoms with van der Waals surface area (Å²) in [6.45, 7) is 3.26. The van der Waals surface area contributed by atoms with Gasteiger partial charge in [-0.3, -0.25) is 0 Å². The number of rotatable bonds is 4. The number of hydrogen-bond acceptors (Lipinski definition) is 3. The van der Waals surface area contributed by atoms with Gasteiger partial charge in [0, 0.05) is 19.1 Å². The molecule has 2 rings (SSSR count). The molecule has 144 valence electrons. The summed E-state index contributed by atoms with van der Waals surface area (Å²) in [6, 6.07) is 5.07. The number of carbonyl (C=O) groups excluding carboxylic acids is 1. The Morgan fingerprint density at radius 1 is 1.38 bits per heavy atom. The molecule has 0 bridgehead atoms. The second-order valence-corrected chi connectivity index (χ2v) is 6.00. The predicted octanol–water partition coefficient (Wildman–Crippen LogP) is 2.73. The number of likely N-dealkylation sites (tertiary alicyclic amines) is 1. The highest BCUT2D eigenvalue weighted by atomic mass is 19.4. The Balaban J connectivity index is 1.83. The number of amides is 1. The van der Waals surface area contributed by atoms with Gasteiger partial charge < -0.3 is 20.7 Å². The number of hydrogen-bond donors (Lipinski definition) is 2. The summed E-state index contributed by atoms with van der Waals surface area (Å²) in [6.07, 6.45) is -3.31. The van der Waals surface area contributed by atoms with Crippen LogP contribution in [0, 0.1) is 0 Å². The molecule has 0 atom stereocenters. The van der Waals surface area contributed by atoms with Gasteiger partial charge in [0.15, 0.2) is 5.96 Å². The van der Waals surface area contributed by atoms with Crippen molar-refractivity contribution in [2.75, 3.05) is 19.7 Å². The molecule has 1 amide bonds. The lowest BCUT2D eigenvalue weighted by molar-refractivity contribution is -0.137. The van der Waals surface area contributed by atoms with Crippen molar-refractivity contribution in [2.24, 2.45) is 10.7 Å². The minimum absolute atomic E-state index is 0.0599. The van der Waals surface area contributed by atoms with Crippen LogP contribution in [0.1, 0.15) is 30.9 Å². The first-order valence-corrected chi connectivity index (χ1v) is 8.44. The molecule has 3 N–H and O–H groups in total. The molecule has 1 aromatic rings. The maximum Gasteiger partial charge on any atom is 0.416 e. The second-order valence-electron chi connectivity index (χ2n) is 6.00. The number of guanidine groups is 1. The standard InChI is InChI=1S/C17H23F3N4O2/c1-2-26-16(25)24-8-6-14(7-9-24)23-15(21)22-11-12-4-3-5-13(10-12)17(18,19)20/h3-5,10,14H,2,6-9,11H2,1H3,(H3,21,22,23). The summed E-state index contributed by atoms with van der Waals surface area (Å²) in [7, 11) is 0. The van der Waals surface area contributed by atoms with E-state index in [4.69, 9.17) is 10.5 Å². The van der Waals surface area contributed by atoms with Gasteiger partial charge in [0.05, 0.1) is 18.7 Å². The van der Waals surface area contributed by atoms with Crippen molar-refractivity contribution in [1.82, 2.24) is 10.2 Å². The number of nitrogens with one attached hydrogen (secondary N) is 1. The maximum absolute atomic E-state index is 12.7. The molecule has 6 nitrogen and oxygen atoms in total. The zero-order chi connectivity index (χ0) is 19.2. The predicted molar refractivity (Wildman–Crippen MR) is 91.5 cm³/mol. The van der Waals surface area contributed by atoms with Crippen molar-refractivity contribution < 1.29 is 22.7 Å². The zero-order valence-electron chi connectivity index (χ0n) is 14.6. The van der Waals surface area contributed by atoms with Crippen LogP contribution in [-0.2, 0) is 17.5 Å². The van der Waals surface area contributed by atoms with Crippen molar-refractivity contribution in [3.8, 4) is 0 Å². The molecule has 0 aliphatic carbocycles. The number of benzene rings is 1. The van der Waals surface area contributed by atoms with E-state index in [0.717, 1.165) is 12.1 Å². The lowest BCUT2D eigenvalue weighted by atomic mass is 10.1. The van der Waals surface area contributed by atoms with Gasteiger partial charge in [-0.05, 0) is 37.5 Å². The van der Waals surface area contributed by atoms with Crippen LogP contribution in [-0.4, -0.2) is 42.7 Å². The van der Waals surface area contributed by atoms with Gasteiger partial charge >= 0.3 is 12.3 Å². The minimum Gasteiger partial charge on any atom is -0.450 e. The second kappa shape index (κ2) is 8.77. The quantitative estimate of drug-likeness (QED) is 0.629. The van der Waals surface area contributed by atoms with Crippen LogP contribution in [0.25, 0.3) is 0 Å². The van der Waals surface area contributed by atoms with Gasteiger partial charge in [0.1, 0.15) is 0 Å². The molecule has 1 aliphatic heterocycles. The molecule has 26 heavy (non-hydrogen) atoms. The van der Waals surface area contributed by atoms with E-state index in [9.17, 15) is 18.0 Å². The molecule has 1 aliphatic rings. The Hall–Kier alpha value is -2.45. The number of halogens is 3. The van der Waals surface area contributed by atoms with E-state index in [1.54, 1.807) is 17.9 Å². The molecule has 1 heterocycles. The number of piperidine rings is 1. The largest absolute Gasteiger partial charge is 0.450 e. The van der Waals surface area contributed by atoms with E-state index >= 15 is 0 Å². The summed E-state index contributed by atoms with van der Waals surface area (Å²) in [5, 5.41) is 3.05. The first kappa shape index (κ1) is 19.9. The van der Waals surface area contributed by atoms with Gasteiger partial charge in [-0.25, -0.2) is 9.79 Å². The van der Waals surface area contributed by atoms with Crippen LogP contribution in [0.3, 0.4) is 0 Å². The Labute approximate surface area is 150 Å². The SMILES string of the molecule is CCOC(=O)N1CCC(NC(N)=NCc2cccc(C(F)(F)F)c2)CC1. The van der Waals surface area contributed by atoms with Crippen molar-refractivity contribution in [3.05, 3.63) is 35.4 Å². The van der Waals surface area contributed by atoms with Gasteiger partial charge in [-0.15, -0.1) is 0 Å². The summed E-state index contributed by atoms with van der Waals surface area (Å²) in [5.74, 6) is 0.178. The summed E-state index contributed by atoms with van der Waals surface area (Å²) in [4.78, 5) is 17.4. The Bertz CT molecular complexity index is 641. The van der Waals surface area contributed by atoms with E-state index in [0.29, 0.717) is 38.1 Å². The van der Waals surface area contributed by atoms with E-state index in [1.807, 2.05) is 0 Å². The molecule has 0 unspecified atom stereocenters. The Morgan fingerprint density at radius 3 is 2.69 bits per heavy atom. The minimum atomic E-state index is -4.38. The average Bonchev–Trinajstić information content (AvgIpc) is 2.60. The summed E-state index contributed by atoms with van der Waals surface area (Å²) >= 11 is 0. The van der Waals surface area contributed by atoms with Gasteiger partial charge in [-0.1, -0.05) is 12.1 Å². The van der Waals surface area contributed by atoms with Crippen LogP contribution in [0.15, 0.2) is 29.3 Å². The van der Waals surface area contributed by atoms with Crippen LogP contribution < -0.4 is 11.1 Å². The third-order valence-electron chi connectivity index (χ3n) is 4.06. The van der Waals surface area contributed by atoms with Crippen LogP contribution >= 0.6 is 0 Å². The highest BCUT2D eigenvalue weighted by molar-refractivity contribution is 5.78. The molecular weight excluding hydrogens is 349 g/mol. The van der Waals surface area contributed by atoms with E-state index in [-0.39, 0.29) is 24.6 Å². The molecule has 9 heteroatoms. The molecular formula is C17H23F3N4O2. The van der Waals surface area contributed by atoms with Gasteiger partial charge in [0.25, 0.3) is 0 Å². The monoisotopic (exact) mass is 372 g/mol. The van der Waals surface area contributed by atoms with Crippen LogP contribution in [0.2, 0.25) is 0 Å². The van der Waals surface area contributed by atoms with Crippen molar-refractivity contribution in [1.29, 1.82) is 0 Å². The van der Waals surface area contributed by atoms with Crippen LogP contribution in [0.5, 0.6) is 0 Å². The highest BCUT2D eigenvalue weighted by Crippen LogP contribution is 2.29. The number of aliphatic imine (C=N–C) groups is 1. The average molecular weight is 372 g/mol. The topological polar surface area (TPSA) is 80.0 Å². The molecule has 1 aromatic carbocycles. The fraction of sp³-hybridized carbons (Fsp3) is 0.529. The normalized spacial score (nSPS) is 16.5.